The zero-order valence-electron chi connectivity index (χ0n) is 75.7. The van der Waals surface area contributed by atoms with Crippen LogP contribution in [0.3, 0.4) is 0 Å². The van der Waals surface area contributed by atoms with E-state index >= 15 is 0 Å². The third-order valence-corrected chi connectivity index (χ3v) is 30.3. The Morgan fingerprint density at radius 2 is 0.434 bits per heavy atom. The average Bonchev–Trinajstić information content (AvgIpc) is 0.806. The van der Waals surface area contributed by atoms with Crippen molar-refractivity contribution >= 4 is 214 Å². The molecule has 6 heterocycles. The van der Waals surface area contributed by atoms with Gasteiger partial charge in [-0.1, -0.05) is 181 Å². The summed E-state index contributed by atoms with van der Waals surface area (Å²) < 4.78 is 36.1. The van der Waals surface area contributed by atoms with Crippen LogP contribution < -0.4 is 32.6 Å². The number of hydrogen-bond donors (Lipinski definition) is 0. The van der Waals surface area contributed by atoms with Gasteiger partial charge in [-0.25, -0.2) is 0 Å². The first kappa shape index (κ1) is 106. The molecule has 16 atom stereocenters. The van der Waals surface area contributed by atoms with E-state index in [9.17, 15) is 28.8 Å². The molecule has 0 aliphatic rings. The van der Waals surface area contributed by atoms with Crippen LogP contribution in [0.15, 0.2) is 310 Å². The van der Waals surface area contributed by atoms with Gasteiger partial charge >= 0.3 is 0 Å². The smallest absolute Gasteiger partial charge is 0.193 e. The second kappa shape index (κ2) is 50.9. The third-order valence-electron chi connectivity index (χ3n) is 23.1. The summed E-state index contributed by atoms with van der Waals surface area (Å²) in [4.78, 5) is 75.0. The maximum absolute atomic E-state index is 12.6. The molecule has 0 N–H and O–H groups in total. The van der Waals surface area contributed by atoms with Crippen LogP contribution in [0.2, 0.25) is 0 Å². The van der Waals surface area contributed by atoms with Crippen molar-refractivity contribution in [3.8, 4) is 67.5 Å². The van der Waals surface area contributed by atoms with Crippen LogP contribution in [0.1, 0.15) is 101 Å². The van der Waals surface area contributed by atoms with Gasteiger partial charge in [0.25, 0.3) is 0 Å². The molecule has 18 aromatic rings. The zero-order valence-corrected chi connectivity index (χ0v) is 94.2. The van der Waals surface area contributed by atoms with Gasteiger partial charge in [0.2, 0.25) is 0 Å². The van der Waals surface area contributed by atoms with E-state index in [1.54, 1.807) is 36.4 Å². The molecule has 0 bridgehead atoms. The standard InChI is InChI=1S/4C18H19O2P3.2C18H18O2P2/c19-15-7-16(13-3-1-11(8-21)2-4-13)20-17-6-12(9-22)5-14(10-23)18(15)17;19-16-7-17(13-3-1-11(8-21)2-4-13)20-18-14(10-23)5-12(9-22)6-15(16)18;19-16-7-15(10-23)20-17-6-13(5-14(9-22)18(16)17)12-3-1-11(8-21)2-4-12;19-17-7-15(10-23)20-18-14(9-22)5-13(6-16(17)18)12-3-1-11(8-21)2-4-12;1-11-2-4-13(5-3-11)16-8-15(19)18-14(10-22)6-12(9-21)7-17(18)20-16;1-11-2-4-13(5-3-11)17-8-16(19)15-7-12(9-21)6-14(10-22)18(15)20-17/h4*1-7H,8-10,21-23H2;2*2-8H,9-10,21-22H2,1H3. The number of benzene rings is 12. The van der Waals surface area contributed by atoms with Crippen LogP contribution >= 0.6 is 148 Å². The van der Waals surface area contributed by atoms with Crippen molar-refractivity contribution in [2.24, 2.45) is 0 Å². The quantitative estimate of drug-likeness (QED) is 0.0587. The van der Waals surface area contributed by atoms with Gasteiger partial charge in [-0.2, -0.15) is 0 Å². The molecule has 0 spiro atoms. The molecule has 12 aromatic carbocycles. The van der Waals surface area contributed by atoms with Gasteiger partial charge in [-0.05, 0) is 249 Å². The molecule has 136 heavy (non-hydrogen) atoms. The Hall–Kier alpha value is -7.22. The van der Waals surface area contributed by atoms with Crippen LogP contribution in [0.4, 0.5) is 0 Å². The highest BCUT2D eigenvalue weighted by Gasteiger charge is 2.20. The highest BCUT2D eigenvalue weighted by atomic mass is 31.0. The van der Waals surface area contributed by atoms with Gasteiger partial charge in [0.15, 0.2) is 32.6 Å². The minimum atomic E-state index is 0.0105. The molecular weight excluding hydrogens is 1980 g/mol. The molecule has 0 aliphatic heterocycles. The van der Waals surface area contributed by atoms with Crippen LogP contribution in [-0.2, 0) is 98.6 Å². The predicted molar refractivity (Wildman–Crippen MR) is 632 cm³/mol. The van der Waals surface area contributed by atoms with Gasteiger partial charge in [-0.3, -0.25) is 28.8 Å². The van der Waals surface area contributed by atoms with Crippen molar-refractivity contribution in [2.45, 2.75) is 112 Å². The molecule has 18 rings (SSSR count). The molecular formula is C108H112O12P16. The Bertz CT molecular complexity index is 7700. The highest BCUT2D eigenvalue weighted by molar-refractivity contribution is 7.18. The van der Waals surface area contributed by atoms with Crippen LogP contribution in [-0.4, -0.2) is 0 Å². The predicted octanol–water partition coefficient (Wildman–Crippen LogP) is 27.4. The van der Waals surface area contributed by atoms with E-state index in [0.29, 0.717) is 113 Å². The van der Waals surface area contributed by atoms with Gasteiger partial charge in [0.05, 0.1) is 32.3 Å². The fraction of sp³-hybridized carbons (Fsp3) is 0.167. The second-order valence-corrected chi connectivity index (χ2v) is 38.9. The molecule has 0 aliphatic carbocycles. The molecule has 0 saturated carbocycles. The Kier molecular flexibility index (Phi) is 39.7. The fourth-order valence-corrected chi connectivity index (χ4v) is 20.0. The van der Waals surface area contributed by atoms with Crippen LogP contribution in [0.5, 0.6) is 0 Å². The van der Waals surface area contributed by atoms with Crippen LogP contribution in [0.25, 0.3) is 133 Å². The van der Waals surface area contributed by atoms with E-state index in [-0.39, 0.29) is 32.6 Å². The van der Waals surface area contributed by atoms with Crippen molar-refractivity contribution in [1.29, 1.82) is 0 Å². The first-order valence-electron chi connectivity index (χ1n) is 44.2. The van der Waals surface area contributed by atoms with E-state index in [2.05, 4.69) is 257 Å². The Labute approximate surface area is 830 Å². The maximum Gasteiger partial charge on any atom is 0.193 e. The highest BCUT2D eigenvalue weighted by Crippen LogP contribution is 2.37. The lowest BCUT2D eigenvalue weighted by molar-refractivity contribution is 0.557. The summed E-state index contributed by atoms with van der Waals surface area (Å²) in [6, 6.07) is 83.0. The van der Waals surface area contributed by atoms with Crippen molar-refractivity contribution in [3.05, 3.63) is 417 Å². The van der Waals surface area contributed by atoms with Crippen molar-refractivity contribution < 1.29 is 26.5 Å². The van der Waals surface area contributed by atoms with Gasteiger partial charge in [-0.15, -0.1) is 148 Å². The number of hydrogen-bond acceptors (Lipinski definition) is 12. The molecule has 12 nitrogen and oxygen atoms in total. The monoisotopic (exact) mass is 2100 g/mol. The average molecular weight is 2100 g/mol. The SMILES string of the molecule is Cc1ccc(-c2cc(=O)c3c(CP)cc(CP)cc3o2)cc1.Cc1ccc(-c2cc(=O)c3cc(CP)cc(CP)c3o2)cc1.O=c1cc(-c2ccc(CP)cc2)oc2c(CP)cc(CP)cc12.O=c1cc(-c2ccc(CP)cc2)oc2cc(CP)cc(CP)c12.O=c1cc(CP)oc2c(CP)cc(-c3ccc(CP)cc3)cc12.O=c1cc(CP)oc2cc(-c3ccc(CP)cc3)cc(CP)c12. The first-order valence-corrected chi connectivity index (χ1v) is 57.2. The minimum Gasteiger partial charge on any atom is -0.460 e. The minimum absolute atomic E-state index is 0.0105. The molecule has 6 aromatic heterocycles. The Morgan fingerprint density at radius 3 is 0.787 bits per heavy atom. The molecule has 0 radical (unpaired) electrons. The van der Waals surface area contributed by atoms with Gasteiger partial charge < -0.3 is 26.5 Å². The van der Waals surface area contributed by atoms with E-state index < -0.39 is 0 Å². The summed E-state index contributed by atoms with van der Waals surface area (Å²) in [6.45, 7) is 4.08. The van der Waals surface area contributed by atoms with Crippen LogP contribution in [0, 0.1) is 13.8 Å². The number of aryl methyl sites for hydroxylation is 2. The Balaban J connectivity index is 0.000000138. The Morgan fingerprint density at radius 1 is 0.184 bits per heavy atom. The summed E-state index contributed by atoms with van der Waals surface area (Å²) >= 11 is 0. The van der Waals surface area contributed by atoms with Crippen molar-refractivity contribution in [1.82, 2.24) is 0 Å². The molecule has 0 amide bonds. The molecule has 696 valence electrons. The number of fused-ring (bicyclic) bond motifs is 6. The number of rotatable bonds is 22. The van der Waals surface area contributed by atoms with E-state index in [4.69, 9.17) is 26.5 Å². The second-order valence-electron chi connectivity index (χ2n) is 32.4. The maximum atomic E-state index is 12.6. The van der Waals surface area contributed by atoms with E-state index in [1.165, 1.54) is 33.4 Å². The van der Waals surface area contributed by atoms with E-state index in [0.717, 1.165) is 186 Å². The lowest BCUT2D eigenvalue weighted by Gasteiger charge is -2.10. The third kappa shape index (κ3) is 26.2. The summed E-state index contributed by atoms with van der Waals surface area (Å²) in [7, 11) is 43.1. The normalized spacial score (nSPS) is 11.1. The summed E-state index contributed by atoms with van der Waals surface area (Å²) in [6.07, 6.45) is 12.8. The van der Waals surface area contributed by atoms with Crippen molar-refractivity contribution in [3.63, 3.8) is 0 Å². The first-order chi connectivity index (χ1) is 65.9. The molecule has 16 unspecified atom stereocenters. The van der Waals surface area contributed by atoms with Gasteiger partial charge in [0, 0.05) is 71.0 Å². The van der Waals surface area contributed by atoms with Crippen molar-refractivity contribution in [2.75, 3.05) is 0 Å². The molecule has 0 saturated heterocycles. The summed E-state index contributed by atoms with van der Waals surface area (Å²) in [5, 5.41) is 4.03. The lowest BCUT2D eigenvalue weighted by atomic mass is 9.99. The topological polar surface area (TPSA) is 181 Å². The van der Waals surface area contributed by atoms with E-state index in [1.807, 2.05) is 123 Å². The lowest BCUT2D eigenvalue weighted by Crippen LogP contribution is -2.04. The van der Waals surface area contributed by atoms with Gasteiger partial charge in [0.1, 0.15) is 68.1 Å². The molecule has 28 heteroatoms. The summed E-state index contributed by atoms with van der Waals surface area (Å²) in [5.74, 6) is 3.87. The largest absolute Gasteiger partial charge is 0.460 e. The fourth-order valence-electron chi connectivity index (χ4n) is 15.7. The summed E-state index contributed by atoms with van der Waals surface area (Å²) in [5.41, 5.74) is 30.4. The zero-order chi connectivity index (χ0) is 97.0. The molecule has 0 fully saturated rings.